The van der Waals surface area contributed by atoms with E-state index in [1.807, 2.05) is 18.2 Å². The molecule has 0 amide bonds. The minimum Gasteiger partial charge on any atom is -0.497 e. The molecule has 2 rings (SSSR count). The van der Waals surface area contributed by atoms with Gasteiger partial charge in [-0.2, -0.15) is 0 Å². The lowest BCUT2D eigenvalue weighted by Crippen LogP contribution is -2.11. The van der Waals surface area contributed by atoms with E-state index in [1.54, 1.807) is 18.9 Å². The first-order valence-corrected chi connectivity index (χ1v) is 5.44. The van der Waals surface area contributed by atoms with Crippen LogP contribution in [0.25, 0.3) is 0 Å². The number of rotatable bonds is 5. The molecule has 7 nitrogen and oxygen atoms in total. The van der Waals surface area contributed by atoms with Crippen LogP contribution in [0.3, 0.4) is 0 Å². The van der Waals surface area contributed by atoms with Crippen LogP contribution in [0.15, 0.2) is 18.2 Å². The molecule has 0 saturated heterocycles. The minimum absolute atomic E-state index is 0.297. The van der Waals surface area contributed by atoms with Gasteiger partial charge in [-0.3, -0.25) is 0 Å². The molecule has 0 saturated carbocycles. The van der Waals surface area contributed by atoms with Crippen LogP contribution in [0.4, 0.5) is 0 Å². The zero-order valence-corrected chi connectivity index (χ0v) is 10.3. The van der Waals surface area contributed by atoms with E-state index in [-0.39, 0.29) is 0 Å². The van der Waals surface area contributed by atoms with Gasteiger partial charge in [-0.1, -0.05) is 0 Å². The van der Waals surface area contributed by atoms with Gasteiger partial charge in [-0.25, -0.2) is 4.68 Å². The Morgan fingerprint density at radius 1 is 1.28 bits per heavy atom. The lowest BCUT2D eigenvalue weighted by molar-refractivity contribution is 0.389. The van der Waals surface area contributed by atoms with Crippen molar-refractivity contribution < 1.29 is 9.47 Å². The third kappa shape index (κ3) is 2.40. The normalized spacial score (nSPS) is 10.4. The zero-order chi connectivity index (χ0) is 13.0. The molecule has 1 heterocycles. The largest absolute Gasteiger partial charge is 0.497 e. The molecule has 0 aliphatic heterocycles. The van der Waals surface area contributed by atoms with E-state index in [9.17, 15) is 0 Å². The Bertz CT molecular complexity index is 526. The monoisotopic (exact) mass is 249 g/mol. The Labute approximate surface area is 104 Å². The van der Waals surface area contributed by atoms with Crippen LogP contribution in [0.5, 0.6) is 11.5 Å². The third-order valence-electron chi connectivity index (χ3n) is 2.60. The van der Waals surface area contributed by atoms with E-state index in [4.69, 9.17) is 15.2 Å². The maximum absolute atomic E-state index is 5.55. The summed E-state index contributed by atoms with van der Waals surface area (Å²) in [6, 6.07) is 5.60. The van der Waals surface area contributed by atoms with E-state index in [0.717, 1.165) is 17.1 Å². The summed E-state index contributed by atoms with van der Waals surface area (Å²) in [6.07, 6.45) is 0. The molecule has 0 fully saturated rings. The number of aromatic nitrogens is 4. The van der Waals surface area contributed by atoms with Gasteiger partial charge in [-0.05, 0) is 22.6 Å². The SMILES string of the molecule is COc1ccc(Cn2nnnc2CN)c(OC)c1. The average molecular weight is 249 g/mol. The maximum Gasteiger partial charge on any atom is 0.165 e. The van der Waals surface area contributed by atoms with Crippen molar-refractivity contribution in [3.8, 4) is 11.5 Å². The van der Waals surface area contributed by atoms with Crippen LogP contribution >= 0.6 is 0 Å². The van der Waals surface area contributed by atoms with Crippen molar-refractivity contribution in [3.63, 3.8) is 0 Å². The average Bonchev–Trinajstić information content (AvgIpc) is 2.86. The van der Waals surface area contributed by atoms with Gasteiger partial charge in [0.1, 0.15) is 11.5 Å². The topological polar surface area (TPSA) is 88.1 Å². The van der Waals surface area contributed by atoms with Gasteiger partial charge < -0.3 is 15.2 Å². The Morgan fingerprint density at radius 3 is 2.78 bits per heavy atom. The molecular formula is C11H15N5O2. The summed E-state index contributed by atoms with van der Waals surface area (Å²) < 4.78 is 12.1. The number of hydrogen-bond donors (Lipinski definition) is 1. The Hall–Kier alpha value is -2.15. The van der Waals surface area contributed by atoms with Gasteiger partial charge in [0.25, 0.3) is 0 Å². The summed E-state index contributed by atoms with van der Waals surface area (Å²) in [6.45, 7) is 0.804. The predicted molar refractivity (Wildman–Crippen MR) is 64.4 cm³/mol. The fourth-order valence-corrected chi connectivity index (χ4v) is 1.64. The fourth-order valence-electron chi connectivity index (χ4n) is 1.64. The van der Waals surface area contributed by atoms with Crippen LogP contribution in [0.1, 0.15) is 11.4 Å². The molecule has 0 spiro atoms. The Morgan fingerprint density at radius 2 is 2.11 bits per heavy atom. The van der Waals surface area contributed by atoms with Gasteiger partial charge in [0.15, 0.2) is 5.82 Å². The molecule has 2 N–H and O–H groups in total. The summed E-state index contributed by atoms with van der Waals surface area (Å²) in [5.74, 6) is 2.10. The van der Waals surface area contributed by atoms with Crippen molar-refractivity contribution in [2.45, 2.75) is 13.1 Å². The lowest BCUT2D eigenvalue weighted by Gasteiger charge is -2.10. The second-order valence-corrected chi connectivity index (χ2v) is 3.63. The highest BCUT2D eigenvalue weighted by atomic mass is 16.5. The second-order valence-electron chi connectivity index (χ2n) is 3.63. The van der Waals surface area contributed by atoms with Crippen molar-refractivity contribution in [2.24, 2.45) is 5.73 Å². The number of methoxy groups -OCH3 is 2. The molecule has 2 aromatic rings. The van der Waals surface area contributed by atoms with Crippen LogP contribution in [-0.4, -0.2) is 34.4 Å². The molecule has 0 atom stereocenters. The van der Waals surface area contributed by atoms with E-state index in [1.165, 1.54) is 0 Å². The molecule has 0 bridgehead atoms. The highest BCUT2D eigenvalue weighted by molar-refractivity contribution is 5.40. The van der Waals surface area contributed by atoms with Crippen LogP contribution < -0.4 is 15.2 Å². The summed E-state index contributed by atoms with van der Waals surface area (Å²) in [4.78, 5) is 0. The minimum atomic E-state index is 0.297. The fraction of sp³-hybridized carbons (Fsp3) is 0.364. The van der Waals surface area contributed by atoms with E-state index < -0.39 is 0 Å². The number of ether oxygens (including phenoxy) is 2. The van der Waals surface area contributed by atoms with Crippen LogP contribution in [-0.2, 0) is 13.1 Å². The summed E-state index contributed by atoms with van der Waals surface area (Å²) in [5.41, 5.74) is 6.51. The first-order valence-electron chi connectivity index (χ1n) is 5.44. The van der Waals surface area contributed by atoms with Crippen molar-refractivity contribution in [3.05, 3.63) is 29.6 Å². The van der Waals surface area contributed by atoms with E-state index >= 15 is 0 Å². The Balaban J connectivity index is 2.28. The highest BCUT2D eigenvalue weighted by Crippen LogP contribution is 2.25. The summed E-state index contributed by atoms with van der Waals surface area (Å²) in [7, 11) is 3.23. The number of hydrogen-bond acceptors (Lipinski definition) is 6. The smallest absolute Gasteiger partial charge is 0.165 e. The van der Waals surface area contributed by atoms with Gasteiger partial charge in [0, 0.05) is 11.6 Å². The Kier molecular flexibility index (Phi) is 3.73. The molecule has 18 heavy (non-hydrogen) atoms. The molecule has 0 radical (unpaired) electrons. The van der Waals surface area contributed by atoms with Gasteiger partial charge >= 0.3 is 0 Å². The number of nitrogens with zero attached hydrogens (tertiary/aromatic N) is 4. The quantitative estimate of drug-likeness (QED) is 0.814. The first-order chi connectivity index (χ1) is 8.78. The number of tetrazole rings is 1. The van der Waals surface area contributed by atoms with Crippen LogP contribution in [0.2, 0.25) is 0 Å². The molecular weight excluding hydrogens is 234 g/mol. The molecule has 96 valence electrons. The standard InChI is InChI=1S/C11H15N5O2/c1-17-9-4-3-8(10(5-9)18-2)7-16-11(6-12)13-14-15-16/h3-5H,6-7,12H2,1-2H3. The van der Waals surface area contributed by atoms with Crippen molar-refractivity contribution in [2.75, 3.05) is 14.2 Å². The van der Waals surface area contributed by atoms with E-state index in [0.29, 0.717) is 18.9 Å². The first kappa shape index (κ1) is 12.3. The zero-order valence-electron chi connectivity index (χ0n) is 10.3. The van der Waals surface area contributed by atoms with Gasteiger partial charge in [-0.15, -0.1) is 5.10 Å². The number of benzene rings is 1. The molecule has 1 aromatic heterocycles. The van der Waals surface area contributed by atoms with Crippen molar-refractivity contribution in [1.29, 1.82) is 0 Å². The highest BCUT2D eigenvalue weighted by Gasteiger charge is 2.09. The summed E-state index contributed by atoms with van der Waals surface area (Å²) in [5, 5.41) is 11.3. The van der Waals surface area contributed by atoms with Gasteiger partial charge in [0.2, 0.25) is 0 Å². The summed E-state index contributed by atoms with van der Waals surface area (Å²) >= 11 is 0. The molecule has 7 heteroatoms. The van der Waals surface area contributed by atoms with Crippen LogP contribution in [0, 0.1) is 0 Å². The molecule has 1 aromatic carbocycles. The van der Waals surface area contributed by atoms with Crippen molar-refractivity contribution in [1.82, 2.24) is 20.2 Å². The number of nitrogens with two attached hydrogens (primary N) is 1. The van der Waals surface area contributed by atoms with E-state index in [2.05, 4.69) is 15.5 Å². The molecule has 0 unspecified atom stereocenters. The third-order valence-corrected chi connectivity index (χ3v) is 2.60. The van der Waals surface area contributed by atoms with Gasteiger partial charge in [0.05, 0.1) is 27.3 Å². The predicted octanol–water partition coefficient (Wildman–Crippen LogP) is 0.197. The molecule has 0 aliphatic carbocycles. The lowest BCUT2D eigenvalue weighted by atomic mass is 10.2. The van der Waals surface area contributed by atoms with Crippen molar-refractivity contribution >= 4 is 0 Å². The molecule has 0 aliphatic rings. The second kappa shape index (κ2) is 5.46. The maximum atomic E-state index is 5.55.